The van der Waals surface area contributed by atoms with E-state index in [1.807, 2.05) is 0 Å². The first-order valence-electron chi connectivity index (χ1n) is 6.42. The van der Waals surface area contributed by atoms with Gasteiger partial charge in [-0.05, 0) is 24.3 Å². The largest absolute Gasteiger partial charge is 0.396 e. The van der Waals surface area contributed by atoms with Gasteiger partial charge in [-0.15, -0.1) is 0 Å². The Morgan fingerprint density at radius 3 is 2.37 bits per heavy atom. The second kappa shape index (κ2) is 5.15. The maximum Gasteiger partial charge on any atom is 0.256 e. The molecule has 0 saturated carbocycles. The molecular weight excluding hydrogens is 250 g/mol. The highest BCUT2D eigenvalue weighted by molar-refractivity contribution is 5.95. The first kappa shape index (κ1) is 13.8. The number of amides is 1. The number of carbonyl (C=O) groups excluding carboxylic acids is 1. The van der Waals surface area contributed by atoms with E-state index < -0.39 is 17.5 Å². The van der Waals surface area contributed by atoms with Crippen molar-refractivity contribution < 1.29 is 13.6 Å². The van der Waals surface area contributed by atoms with Crippen molar-refractivity contribution in [3.63, 3.8) is 0 Å². The summed E-state index contributed by atoms with van der Waals surface area (Å²) in [4.78, 5) is 13.9. The van der Waals surface area contributed by atoms with Crippen LogP contribution in [0.1, 0.15) is 30.6 Å². The molecule has 1 saturated heterocycles. The van der Waals surface area contributed by atoms with Crippen molar-refractivity contribution in [3.05, 3.63) is 29.3 Å². The number of hydrogen-bond donors (Lipinski definition) is 1. The van der Waals surface area contributed by atoms with E-state index in [1.165, 1.54) is 0 Å². The van der Waals surface area contributed by atoms with Gasteiger partial charge in [0, 0.05) is 19.2 Å². The normalized spacial score (nSPS) is 23.5. The lowest BCUT2D eigenvalue weighted by atomic mass is 9.91. The molecule has 0 aliphatic carbocycles. The molecule has 19 heavy (non-hydrogen) atoms. The summed E-state index contributed by atoms with van der Waals surface area (Å²) in [5.41, 5.74) is 5.04. The fourth-order valence-electron chi connectivity index (χ4n) is 2.73. The molecule has 1 aliphatic rings. The van der Waals surface area contributed by atoms with Crippen molar-refractivity contribution in [2.45, 2.75) is 20.3 Å². The smallest absolute Gasteiger partial charge is 0.256 e. The molecule has 1 fully saturated rings. The van der Waals surface area contributed by atoms with E-state index >= 15 is 0 Å². The molecule has 1 aliphatic heterocycles. The average Bonchev–Trinajstić information content (AvgIpc) is 2.31. The summed E-state index contributed by atoms with van der Waals surface area (Å²) in [5.74, 6) is -1.35. The van der Waals surface area contributed by atoms with Gasteiger partial charge in [0.2, 0.25) is 0 Å². The fourth-order valence-corrected chi connectivity index (χ4v) is 2.73. The van der Waals surface area contributed by atoms with Gasteiger partial charge in [-0.3, -0.25) is 4.79 Å². The summed E-state index contributed by atoms with van der Waals surface area (Å²) in [6, 6.07) is 1.75. The molecule has 104 valence electrons. The van der Waals surface area contributed by atoms with Gasteiger partial charge in [0.25, 0.3) is 5.91 Å². The van der Waals surface area contributed by atoms with Crippen LogP contribution in [0.15, 0.2) is 12.1 Å². The highest BCUT2D eigenvalue weighted by Crippen LogP contribution is 2.24. The quantitative estimate of drug-likeness (QED) is 0.796. The molecule has 2 rings (SSSR count). The van der Waals surface area contributed by atoms with Gasteiger partial charge >= 0.3 is 0 Å². The molecule has 1 amide bonds. The Bertz CT molecular complexity index is 494. The average molecular weight is 268 g/mol. The van der Waals surface area contributed by atoms with E-state index in [2.05, 4.69) is 13.8 Å². The maximum absolute atomic E-state index is 13.7. The van der Waals surface area contributed by atoms with E-state index in [4.69, 9.17) is 5.73 Å². The zero-order chi connectivity index (χ0) is 14.2. The minimum atomic E-state index is -0.859. The van der Waals surface area contributed by atoms with Crippen molar-refractivity contribution in [1.29, 1.82) is 0 Å². The number of rotatable bonds is 1. The van der Waals surface area contributed by atoms with Crippen LogP contribution in [0.3, 0.4) is 0 Å². The van der Waals surface area contributed by atoms with E-state index in [-0.39, 0.29) is 11.3 Å². The van der Waals surface area contributed by atoms with Crippen molar-refractivity contribution in [2.24, 2.45) is 11.8 Å². The molecule has 0 spiro atoms. The van der Waals surface area contributed by atoms with Crippen LogP contribution in [0.5, 0.6) is 0 Å². The Balaban J connectivity index is 2.26. The van der Waals surface area contributed by atoms with Gasteiger partial charge in [0.1, 0.15) is 11.6 Å². The molecule has 1 heterocycles. The Hall–Kier alpha value is -1.65. The van der Waals surface area contributed by atoms with Crippen molar-refractivity contribution >= 4 is 11.6 Å². The summed E-state index contributed by atoms with van der Waals surface area (Å²) in [6.07, 6.45) is 1.05. The first-order valence-corrected chi connectivity index (χ1v) is 6.42. The van der Waals surface area contributed by atoms with Crippen LogP contribution in [-0.4, -0.2) is 23.9 Å². The Kier molecular flexibility index (Phi) is 3.73. The summed E-state index contributed by atoms with van der Waals surface area (Å²) < 4.78 is 26.8. The monoisotopic (exact) mass is 268 g/mol. The second-order valence-corrected chi connectivity index (χ2v) is 5.51. The van der Waals surface area contributed by atoms with E-state index in [1.54, 1.807) is 4.90 Å². The highest BCUT2D eigenvalue weighted by Gasteiger charge is 2.28. The number of carbonyl (C=O) groups is 1. The number of hydrogen-bond acceptors (Lipinski definition) is 2. The van der Waals surface area contributed by atoms with Gasteiger partial charge in [0.05, 0.1) is 11.3 Å². The summed E-state index contributed by atoms with van der Waals surface area (Å²) in [7, 11) is 0. The molecule has 0 radical (unpaired) electrons. The zero-order valence-corrected chi connectivity index (χ0v) is 11.1. The number of likely N-dealkylation sites (tertiary alicyclic amines) is 1. The van der Waals surface area contributed by atoms with Crippen LogP contribution >= 0.6 is 0 Å². The van der Waals surface area contributed by atoms with Gasteiger partial charge < -0.3 is 10.6 Å². The van der Waals surface area contributed by atoms with Crippen LogP contribution in [0.2, 0.25) is 0 Å². The Morgan fingerprint density at radius 2 is 1.79 bits per heavy atom. The van der Waals surface area contributed by atoms with Gasteiger partial charge in [-0.1, -0.05) is 13.8 Å². The second-order valence-electron chi connectivity index (χ2n) is 5.51. The topological polar surface area (TPSA) is 46.3 Å². The molecule has 1 aromatic carbocycles. The first-order chi connectivity index (χ1) is 8.88. The number of benzene rings is 1. The lowest BCUT2D eigenvalue weighted by Crippen LogP contribution is -2.42. The van der Waals surface area contributed by atoms with Crippen LogP contribution in [0, 0.1) is 23.5 Å². The maximum atomic E-state index is 13.7. The van der Waals surface area contributed by atoms with E-state index in [0.717, 1.165) is 12.5 Å². The van der Waals surface area contributed by atoms with Crippen LogP contribution in [-0.2, 0) is 0 Å². The van der Waals surface area contributed by atoms with E-state index in [9.17, 15) is 13.6 Å². The van der Waals surface area contributed by atoms with Crippen LogP contribution in [0.25, 0.3) is 0 Å². The molecule has 1 aromatic rings. The molecular formula is C14H18F2N2O. The van der Waals surface area contributed by atoms with Crippen molar-refractivity contribution in [1.82, 2.24) is 4.90 Å². The third kappa shape index (κ3) is 2.85. The van der Waals surface area contributed by atoms with Gasteiger partial charge in [-0.2, -0.15) is 0 Å². The lowest BCUT2D eigenvalue weighted by molar-refractivity contribution is 0.0618. The number of nitrogens with two attached hydrogens (primary N) is 1. The third-order valence-electron chi connectivity index (χ3n) is 3.47. The molecule has 5 heteroatoms. The lowest BCUT2D eigenvalue weighted by Gasteiger charge is -2.35. The number of nitrogens with zero attached hydrogens (tertiary/aromatic N) is 1. The molecule has 3 nitrogen and oxygen atoms in total. The third-order valence-corrected chi connectivity index (χ3v) is 3.47. The van der Waals surface area contributed by atoms with Gasteiger partial charge in [0.15, 0.2) is 0 Å². The molecule has 2 N–H and O–H groups in total. The summed E-state index contributed by atoms with van der Waals surface area (Å²) >= 11 is 0. The predicted molar refractivity (Wildman–Crippen MR) is 69.6 cm³/mol. The Labute approximate surface area is 111 Å². The number of nitrogen functional groups attached to an aromatic ring is 1. The fraction of sp³-hybridized carbons (Fsp3) is 0.500. The van der Waals surface area contributed by atoms with Crippen molar-refractivity contribution in [2.75, 3.05) is 18.8 Å². The zero-order valence-electron chi connectivity index (χ0n) is 11.1. The summed E-state index contributed by atoms with van der Waals surface area (Å²) in [6.45, 7) is 5.32. The standard InChI is InChI=1S/C14H18F2N2O/c1-8-3-9(2)7-18(6-8)14(19)10-4-13(17)12(16)5-11(10)15/h4-5,8-9H,3,6-7,17H2,1-2H3. The Morgan fingerprint density at radius 1 is 1.21 bits per heavy atom. The highest BCUT2D eigenvalue weighted by atomic mass is 19.1. The summed E-state index contributed by atoms with van der Waals surface area (Å²) in [5, 5.41) is 0. The van der Waals surface area contributed by atoms with Crippen LogP contribution in [0.4, 0.5) is 14.5 Å². The molecule has 2 unspecified atom stereocenters. The van der Waals surface area contributed by atoms with Crippen LogP contribution < -0.4 is 5.73 Å². The number of anilines is 1. The minimum Gasteiger partial charge on any atom is -0.396 e. The van der Waals surface area contributed by atoms with Crippen molar-refractivity contribution in [3.8, 4) is 0 Å². The number of halogens is 2. The molecule has 2 atom stereocenters. The molecule has 0 bridgehead atoms. The SMILES string of the molecule is CC1CC(C)CN(C(=O)c2cc(N)c(F)cc2F)C1. The molecule has 0 aromatic heterocycles. The van der Waals surface area contributed by atoms with Gasteiger partial charge in [-0.25, -0.2) is 8.78 Å². The van der Waals surface area contributed by atoms with E-state index in [0.29, 0.717) is 31.0 Å². The number of piperidine rings is 1. The minimum absolute atomic E-state index is 0.153. The predicted octanol–water partition coefficient (Wildman–Crippen LogP) is 2.67.